The zero-order valence-electron chi connectivity index (χ0n) is 37.5. The Balaban J connectivity index is 0.000000451. The van der Waals surface area contributed by atoms with E-state index in [2.05, 4.69) is 75.0 Å². The zero-order valence-corrected chi connectivity index (χ0v) is 43.6. The molecular formula is C44H70I2N2O12P2. The minimum atomic E-state index is -4.61. The molecule has 0 aromatic heterocycles. The van der Waals surface area contributed by atoms with E-state index in [1.807, 2.05) is 84.9 Å². The zero-order chi connectivity index (χ0) is 46.7. The molecule has 0 fully saturated rings. The normalized spacial score (nSPS) is 16.7. The molecule has 2 aromatic carbocycles. The highest BCUT2D eigenvalue weighted by Crippen LogP contribution is 2.56. The molecule has 0 amide bonds. The van der Waals surface area contributed by atoms with Gasteiger partial charge in [0.25, 0.3) is 0 Å². The third-order valence-electron chi connectivity index (χ3n) is 8.90. The Labute approximate surface area is 397 Å². The van der Waals surface area contributed by atoms with Crippen molar-refractivity contribution in [1.29, 1.82) is 0 Å². The number of ether oxygens (including phenoxy) is 3. The van der Waals surface area contributed by atoms with Gasteiger partial charge in [-0.1, -0.05) is 37.4 Å². The highest BCUT2D eigenvalue weighted by atomic mass is 127. The lowest BCUT2D eigenvalue weighted by Crippen LogP contribution is -2.48. The van der Waals surface area contributed by atoms with Crippen molar-refractivity contribution in [1.82, 2.24) is 0 Å². The number of aliphatic hydroxyl groups excluding tert-OH is 1. The summed E-state index contributed by atoms with van der Waals surface area (Å²) >= 11 is 4.49. The van der Waals surface area contributed by atoms with Gasteiger partial charge in [-0.05, 0) is 193 Å². The predicted octanol–water partition coefficient (Wildman–Crippen LogP) is 11.0. The van der Waals surface area contributed by atoms with Gasteiger partial charge >= 0.3 is 15.6 Å². The lowest BCUT2D eigenvalue weighted by atomic mass is 9.94. The molecule has 62 heavy (non-hydrogen) atoms. The van der Waals surface area contributed by atoms with Gasteiger partial charge in [0, 0.05) is 6.92 Å². The molecule has 0 saturated carbocycles. The summed E-state index contributed by atoms with van der Waals surface area (Å²) in [5, 5.41) is 9.40. The second-order valence-corrected chi connectivity index (χ2v) is 23.3. The van der Waals surface area contributed by atoms with Crippen LogP contribution in [-0.4, -0.2) is 82.7 Å². The van der Waals surface area contributed by atoms with Gasteiger partial charge in [-0.25, -0.2) is 14.1 Å². The van der Waals surface area contributed by atoms with E-state index in [9.17, 15) is 14.2 Å². The molecular weight excluding hydrogens is 1060 g/mol. The number of unbranched alkanes of at least 4 members (excludes halogenated alkanes) is 2. The van der Waals surface area contributed by atoms with Crippen LogP contribution in [0.15, 0.2) is 73.8 Å². The molecule has 0 spiro atoms. The van der Waals surface area contributed by atoms with Crippen molar-refractivity contribution in [3.05, 3.63) is 80.0 Å². The second kappa shape index (κ2) is 26.7. The van der Waals surface area contributed by atoms with E-state index in [0.717, 1.165) is 71.2 Å². The van der Waals surface area contributed by atoms with E-state index in [-0.39, 0.29) is 6.61 Å². The molecule has 18 heteroatoms. The number of nitrogens with two attached hydrogens (primary N) is 1. The van der Waals surface area contributed by atoms with Gasteiger partial charge in [0.2, 0.25) is 0 Å². The number of nitrogens with zero attached hydrogens (tertiary/aromatic N) is 1. The summed E-state index contributed by atoms with van der Waals surface area (Å²) in [6.07, 6.45) is 8.42. The first-order valence-corrected chi connectivity index (χ1v) is 25.9. The van der Waals surface area contributed by atoms with Gasteiger partial charge in [0.1, 0.15) is 23.6 Å². The number of aryl methyl sites for hydroxylation is 2. The first-order valence-electron chi connectivity index (χ1n) is 20.8. The maximum Gasteiger partial charge on any atom is 0.475 e. The monoisotopic (exact) mass is 1130 g/mol. The minimum Gasteiger partial charge on any atom is -0.494 e. The molecule has 0 bridgehead atoms. The summed E-state index contributed by atoms with van der Waals surface area (Å²) in [5.41, 5.74) is 4.81. The Morgan fingerprint density at radius 1 is 0.806 bits per heavy atom. The van der Waals surface area contributed by atoms with Crippen LogP contribution < -0.4 is 15.2 Å². The Kier molecular flexibility index (Phi) is 24.4. The first kappa shape index (κ1) is 56.7. The Morgan fingerprint density at radius 3 is 1.66 bits per heavy atom. The summed E-state index contributed by atoms with van der Waals surface area (Å²) in [4.78, 5) is 22.2. The smallest absolute Gasteiger partial charge is 0.475 e. The number of phosphoric acid groups is 2. The average molecular weight is 1130 g/mol. The highest BCUT2D eigenvalue weighted by Gasteiger charge is 2.43. The molecule has 0 radical (unpaired) electrons. The van der Waals surface area contributed by atoms with Crippen LogP contribution in [0.5, 0.6) is 11.5 Å². The van der Waals surface area contributed by atoms with Crippen LogP contribution in [0.3, 0.4) is 0 Å². The number of hydrogen-bond acceptors (Lipinski definition) is 12. The number of rotatable bonds is 27. The van der Waals surface area contributed by atoms with Crippen LogP contribution in [0, 0.1) is 0 Å². The third-order valence-corrected chi connectivity index (χ3v) is 12.4. The molecule has 14 nitrogen and oxygen atoms in total. The molecule has 0 aliphatic carbocycles. The van der Waals surface area contributed by atoms with E-state index < -0.39 is 51.1 Å². The lowest BCUT2D eigenvalue weighted by Gasteiger charge is -2.33. The molecule has 2 unspecified atom stereocenters. The third kappa shape index (κ3) is 25.9. The van der Waals surface area contributed by atoms with Gasteiger partial charge in [-0.15, -0.1) is 0 Å². The van der Waals surface area contributed by atoms with Crippen molar-refractivity contribution in [2.75, 3.05) is 39.6 Å². The molecule has 5 N–H and O–H groups in total. The largest absolute Gasteiger partial charge is 0.494 e. The SMILES string of the molecule is C=C(I)CCCCOc1ccc(CCC(N)(CO)COP(=O)(O)O)cc1.C=C(I)CCCCOc1ccc(CCC2(COP(=O)(OC(C)(C)C)OC(C)(C)C)COC(C)=N2)cc1. The van der Waals surface area contributed by atoms with Crippen molar-refractivity contribution >= 4 is 66.7 Å². The van der Waals surface area contributed by atoms with Gasteiger partial charge < -0.3 is 34.8 Å². The topological polar surface area (TPSA) is 198 Å². The van der Waals surface area contributed by atoms with Crippen molar-refractivity contribution in [3.8, 4) is 11.5 Å². The van der Waals surface area contributed by atoms with E-state index >= 15 is 0 Å². The quantitative estimate of drug-likeness (QED) is 0.0375. The van der Waals surface area contributed by atoms with Crippen molar-refractivity contribution < 1.29 is 56.3 Å². The van der Waals surface area contributed by atoms with Crippen molar-refractivity contribution in [2.24, 2.45) is 10.7 Å². The van der Waals surface area contributed by atoms with Crippen LogP contribution in [0.25, 0.3) is 0 Å². The molecule has 3 rings (SSSR count). The molecule has 0 saturated heterocycles. The predicted molar refractivity (Wildman–Crippen MR) is 264 cm³/mol. The fourth-order valence-corrected chi connectivity index (χ4v) is 8.83. The van der Waals surface area contributed by atoms with Crippen LogP contribution >= 0.6 is 60.8 Å². The number of phosphoric ester groups is 2. The van der Waals surface area contributed by atoms with E-state index in [1.54, 1.807) is 0 Å². The highest BCUT2D eigenvalue weighted by molar-refractivity contribution is 14.1. The maximum absolute atomic E-state index is 13.5. The first-order chi connectivity index (χ1) is 28.7. The fourth-order valence-electron chi connectivity index (χ4n) is 5.76. The van der Waals surface area contributed by atoms with Crippen molar-refractivity contribution in [3.63, 3.8) is 0 Å². The maximum atomic E-state index is 13.5. The summed E-state index contributed by atoms with van der Waals surface area (Å²) in [7, 11) is -8.46. The summed E-state index contributed by atoms with van der Waals surface area (Å²) in [6.45, 7) is 21.4. The Morgan fingerprint density at radius 2 is 1.27 bits per heavy atom. The van der Waals surface area contributed by atoms with Crippen LogP contribution in [0.2, 0.25) is 0 Å². The summed E-state index contributed by atoms with van der Waals surface area (Å²) in [5.74, 6) is 2.24. The second-order valence-electron chi connectivity index (χ2n) is 17.5. The lowest BCUT2D eigenvalue weighted by molar-refractivity contribution is -0.00468. The van der Waals surface area contributed by atoms with Gasteiger partial charge in [0.15, 0.2) is 5.90 Å². The van der Waals surface area contributed by atoms with E-state index in [4.69, 9.17) is 48.3 Å². The van der Waals surface area contributed by atoms with E-state index in [1.165, 1.54) is 3.58 Å². The van der Waals surface area contributed by atoms with Gasteiger partial charge in [0.05, 0.1) is 49.8 Å². The number of halogens is 2. The van der Waals surface area contributed by atoms with Gasteiger partial charge in [-0.2, -0.15) is 0 Å². The van der Waals surface area contributed by atoms with Crippen LogP contribution in [-0.2, 0) is 44.8 Å². The molecule has 2 aromatic rings. The number of benzene rings is 2. The Hall–Kier alpha value is -1.41. The number of hydrogen-bond donors (Lipinski definition) is 4. The molecule has 1 aliphatic rings. The summed E-state index contributed by atoms with van der Waals surface area (Å²) < 4.78 is 65.7. The number of aliphatic hydroxyl groups is 1. The van der Waals surface area contributed by atoms with Crippen LogP contribution in [0.4, 0.5) is 0 Å². The Bertz CT molecular complexity index is 1780. The average Bonchev–Trinajstić information content (AvgIpc) is 3.54. The molecule has 1 aliphatic heterocycles. The molecule has 2 atom stereocenters. The summed E-state index contributed by atoms with van der Waals surface area (Å²) in [6, 6.07) is 15.7. The number of aliphatic imine (C=N–C) groups is 1. The minimum absolute atomic E-state index is 0.0681. The fraction of sp³-hybridized carbons (Fsp3) is 0.614. The molecule has 352 valence electrons. The molecule has 1 heterocycles. The van der Waals surface area contributed by atoms with Crippen LogP contribution in [0.1, 0.15) is 111 Å². The van der Waals surface area contributed by atoms with E-state index in [0.29, 0.717) is 45.0 Å². The number of allylic oxidation sites excluding steroid dienone is 2. The van der Waals surface area contributed by atoms with Gasteiger partial charge in [-0.3, -0.25) is 18.1 Å². The van der Waals surface area contributed by atoms with Crippen molar-refractivity contribution in [2.45, 2.75) is 135 Å². The standard InChI is InChI=1S/C27H43INO6P.C17H27INO6P/c1-21(28)11-9-10-18-31-24-14-12-23(13-15-24)16-17-27(19-32-22(2)29-27)20-33-36(30,34-25(3,4)5)35-26(6,7)8;1-14(18)4-2-3-11-24-16-7-5-15(6-8-16)9-10-17(19,12-20)13-25-26(21,22)23/h12-15H,1,9-11,16-20H2,2-8H3;5-8,20H,1-4,9-13,19H2,(H2,21,22,23).